The van der Waals surface area contributed by atoms with Gasteiger partial charge >= 0.3 is 5.97 Å². The molecule has 3 heterocycles. The molecule has 2 fully saturated rings. The average molecular weight is 498 g/mol. The number of rotatable bonds is 9. The molecule has 12 nitrogen and oxygen atoms in total. The highest BCUT2D eigenvalue weighted by atomic mass is 32.2. The Morgan fingerprint density at radius 2 is 2.03 bits per heavy atom. The monoisotopic (exact) mass is 497 g/mol. The molecule has 0 unspecified atom stereocenters. The Morgan fingerprint density at radius 3 is 2.58 bits per heavy atom. The molecule has 15 heteroatoms. The maximum Gasteiger partial charge on any atom is 0.353 e. The number of sulfonamides is 1. The molecule has 0 aromatic heterocycles. The first-order valence-electron chi connectivity index (χ1n) is 9.65. The maximum atomic E-state index is 12.7. The van der Waals surface area contributed by atoms with Crippen molar-refractivity contribution < 1.29 is 31.5 Å². The normalized spacial score (nSPS) is 32.2. The number of hydrogen-bond acceptors (Lipinski definition) is 8. The molecule has 0 radical (unpaired) electrons. The number of β-lactam (4-membered cyclic amide) rings is 1. The molecule has 0 spiro atoms. The number of hydrogen-bond donors (Lipinski definition) is 5. The number of nitrogens with one attached hydrogen (secondary N) is 3. The summed E-state index contributed by atoms with van der Waals surface area (Å²) in [6, 6.07) is -1.24. The topological polar surface area (TPSA) is 188 Å². The molecule has 0 saturated carbocycles. The van der Waals surface area contributed by atoms with E-state index in [4.69, 9.17) is 5.14 Å². The molecule has 31 heavy (non-hydrogen) atoms. The smallest absolute Gasteiger partial charge is 0.353 e. The van der Waals surface area contributed by atoms with Gasteiger partial charge in [-0.1, -0.05) is 6.92 Å². The zero-order valence-electron chi connectivity index (χ0n) is 17.2. The van der Waals surface area contributed by atoms with E-state index in [1.807, 2.05) is 6.92 Å². The van der Waals surface area contributed by atoms with Crippen molar-refractivity contribution in [3.63, 3.8) is 0 Å². The van der Waals surface area contributed by atoms with E-state index in [9.17, 15) is 31.5 Å². The van der Waals surface area contributed by atoms with E-state index in [0.717, 1.165) is 6.26 Å². The van der Waals surface area contributed by atoms with Crippen molar-refractivity contribution in [3.05, 3.63) is 10.6 Å². The predicted molar refractivity (Wildman–Crippen MR) is 114 cm³/mol. The zero-order chi connectivity index (χ0) is 23.3. The number of fused-ring (bicyclic) bond motifs is 1. The van der Waals surface area contributed by atoms with Crippen LogP contribution in [0.4, 0.5) is 0 Å². The summed E-state index contributed by atoms with van der Waals surface area (Å²) in [4.78, 5) is 26.5. The summed E-state index contributed by atoms with van der Waals surface area (Å²) in [6.45, 7) is 4.10. The van der Waals surface area contributed by atoms with Crippen LogP contribution in [-0.4, -0.2) is 81.4 Å². The third-order valence-electron chi connectivity index (χ3n) is 5.74. The number of thioether (sulfide) groups is 1. The SMILES string of the molecule is C[C@@H](NS(C)(=O)=O)[C@H]1C(=O)N2C(C(=O)O)=C(S[C@@H]3CN[C@H](CNS(N)(=O)=O)C3)[C@H](C)[C@H]12. The maximum absolute atomic E-state index is 12.7. The van der Waals surface area contributed by atoms with Gasteiger partial charge in [0, 0.05) is 41.2 Å². The van der Waals surface area contributed by atoms with Crippen LogP contribution in [0, 0.1) is 11.8 Å². The lowest BCUT2D eigenvalue weighted by atomic mass is 9.78. The van der Waals surface area contributed by atoms with Crippen molar-refractivity contribution in [1.29, 1.82) is 0 Å². The van der Waals surface area contributed by atoms with E-state index in [0.29, 0.717) is 17.9 Å². The van der Waals surface area contributed by atoms with Gasteiger partial charge in [0.25, 0.3) is 10.2 Å². The van der Waals surface area contributed by atoms with Gasteiger partial charge in [-0.05, 0) is 13.3 Å². The molecule has 3 rings (SSSR count). The van der Waals surface area contributed by atoms with Crippen LogP contribution in [0.2, 0.25) is 0 Å². The van der Waals surface area contributed by atoms with Gasteiger partial charge in [-0.25, -0.2) is 27.8 Å². The van der Waals surface area contributed by atoms with E-state index in [-0.39, 0.29) is 29.5 Å². The van der Waals surface area contributed by atoms with Crippen molar-refractivity contribution in [2.75, 3.05) is 19.3 Å². The number of aliphatic carboxylic acids is 1. The summed E-state index contributed by atoms with van der Waals surface area (Å²) in [6.07, 6.45) is 1.60. The first-order valence-corrected chi connectivity index (χ1v) is 14.0. The first-order chi connectivity index (χ1) is 14.2. The molecule has 1 amide bonds. The Morgan fingerprint density at radius 1 is 1.39 bits per heavy atom. The van der Waals surface area contributed by atoms with E-state index < -0.39 is 50.1 Å². The third-order valence-corrected chi connectivity index (χ3v) is 8.62. The van der Waals surface area contributed by atoms with Crippen LogP contribution in [0.3, 0.4) is 0 Å². The Bertz CT molecular complexity index is 1010. The number of carbonyl (C=O) groups excluding carboxylic acids is 1. The second kappa shape index (κ2) is 8.61. The van der Waals surface area contributed by atoms with Crippen LogP contribution < -0.4 is 19.9 Å². The Labute approximate surface area is 185 Å². The van der Waals surface area contributed by atoms with E-state index in [1.165, 1.54) is 16.7 Å². The molecule has 6 atom stereocenters. The summed E-state index contributed by atoms with van der Waals surface area (Å²) < 4.78 is 50.0. The van der Waals surface area contributed by atoms with Gasteiger partial charge in [0.05, 0.1) is 18.2 Å². The largest absolute Gasteiger partial charge is 0.477 e. The minimum Gasteiger partial charge on any atom is -0.477 e. The minimum absolute atomic E-state index is 0.0158. The predicted octanol–water partition coefficient (Wildman–Crippen LogP) is -2.05. The Balaban J connectivity index is 1.73. The zero-order valence-corrected chi connectivity index (χ0v) is 19.7. The van der Waals surface area contributed by atoms with Gasteiger partial charge in [-0.3, -0.25) is 4.79 Å². The second-order valence-electron chi connectivity index (χ2n) is 8.18. The highest BCUT2D eigenvalue weighted by Crippen LogP contribution is 2.51. The van der Waals surface area contributed by atoms with Crippen LogP contribution in [0.25, 0.3) is 0 Å². The molecular formula is C16H27N5O7S3. The number of carboxylic acids is 1. The summed E-state index contributed by atoms with van der Waals surface area (Å²) >= 11 is 1.37. The van der Waals surface area contributed by atoms with E-state index in [1.54, 1.807) is 6.92 Å². The summed E-state index contributed by atoms with van der Waals surface area (Å²) in [5, 5.41) is 17.9. The third kappa shape index (κ3) is 5.23. The number of carboxylic acid groups (broad SMARTS) is 1. The van der Waals surface area contributed by atoms with E-state index in [2.05, 4.69) is 14.8 Å². The molecule has 6 N–H and O–H groups in total. The summed E-state index contributed by atoms with van der Waals surface area (Å²) in [7, 11) is -7.32. The van der Waals surface area contributed by atoms with Crippen LogP contribution >= 0.6 is 11.8 Å². The van der Waals surface area contributed by atoms with Crippen LogP contribution in [0.15, 0.2) is 10.6 Å². The fourth-order valence-electron chi connectivity index (χ4n) is 4.53. The first kappa shape index (κ1) is 24.4. The Kier molecular flexibility index (Phi) is 6.78. The number of amides is 1. The van der Waals surface area contributed by atoms with Crippen LogP contribution in [0.1, 0.15) is 20.3 Å². The standard InChI is InChI=1S/C16H27N5O7S3/c1-7-12-11(8(2)20-30(3,25)26)15(22)21(12)13(16(23)24)14(7)29-10-4-9(18-6-10)5-19-31(17,27)28/h7-12,18-20H,4-6H2,1-3H3,(H,23,24)(H2,17,27,28)/t7-,8-,9+,10+,11-,12-/m1/s1. The molecule has 176 valence electrons. The highest BCUT2D eigenvalue weighted by Gasteiger charge is 2.60. The lowest BCUT2D eigenvalue weighted by Crippen LogP contribution is -2.66. The van der Waals surface area contributed by atoms with Crippen molar-refractivity contribution in [1.82, 2.24) is 19.7 Å². The van der Waals surface area contributed by atoms with Crippen molar-refractivity contribution in [2.45, 2.75) is 43.6 Å². The molecular weight excluding hydrogens is 470 g/mol. The van der Waals surface area contributed by atoms with Crippen molar-refractivity contribution in [2.24, 2.45) is 17.0 Å². The number of carbonyl (C=O) groups is 2. The average Bonchev–Trinajstić information content (AvgIpc) is 3.13. The summed E-state index contributed by atoms with van der Waals surface area (Å²) in [5.74, 6) is -2.53. The fraction of sp³-hybridized carbons (Fsp3) is 0.750. The molecule has 0 aromatic rings. The lowest BCUT2D eigenvalue weighted by molar-refractivity contribution is -0.157. The molecule has 0 aromatic carbocycles. The highest BCUT2D eigenvalue weighted by molar-refractivity contribution is 8.03. The van der Waals surface area contributed by atoms with E-state index >= 15 is 0 Å². The molecule has 2 saturated heterocycles. The Hall–Kier alpha value is -1.23. The van der Waals surface area contributed by atoms with Crippen molar-refractivity contribution >= 4 is 43.9 Å². The van der Waals surface area contributed by atoms with Gasteiger partial charge in [0.2, 0.25) is 15.9 Å². The van der Waals surface area contributed by atoms with Crippen molar-refractivity contribution in [3.8, 4) is 0 Å². The molecule has 3 aliphatic rings. The van der Waals surface area contributed by atoms with Crippen LogP contribution in [-0.2, 0) is 29.8 Å². The quantitative estimate of drug-likeness (QED) is 0.223. The summed E-state index contributed by atoms with van der Waals surface area (Å²) in [5.41, 5.74) is -0.0542. The number of nitrogens with two attached hydrogens (primary N) is 1. The van der Waals surface area contributed by atoms with Gasteiger partial charge in [0.15, 0.2) is 0 Å². The molecule has 0 aliphatic carbocycles. The fourth-order valence-corrected chi connectivity index (χ4v) is 7.31. The number of nitrogens with zero attached hydrogens (tertiary/aromatic N) is 1. The van der Waals surface area contributed by atoms with Gasteiger partial charge in [-0.15, -0.1) is 11.8 Å². The lowest BCUT2D eigenvalue weighted by Gasteiger charge is -2.47. The molecule has 0 bridgehead atoms. The van der Waals surface area contributed by atoms with Gasteiger partial charge in [0.1, 0.15) is 5.70 Å². The molecule has 3 aliphatic heterocycles. The van der Waals surface area contributed by atoms with Gasteiger partial charge < -0.3 is 15.3 Å². The minimum atomic E-state index is -3.80. The van der Waals surface area contributed by atoms with Crippen LogP contribution in [0.5, 0.6) is 0 Å². The second-order valence-corrected chi connectivity index (χ2v) is 12.7. The van der Waals surface area contributed by atoms with Gasteiger partial charge in [-0.2, -0.15) is 8.42 Å².